The van der Waals surface area contributed by atoms with Gasteiger partial charge in [0.25, 0.3) is 0 Å². The summed E-state index contributed by atoms with van der Waals surface area (Å²) < 4.78 is 6.97. The average Bonchev–Trinajstić information content (AvgIpc) is 3.68. The van der Waals surface area contributed by atoms with Crippen LogP contribution >= 0.6 is 11.3 Å². The van der Waals surface area contributed by atoms with Crippen LogP contribution < -0.4 is 0 Å². The molecule has 0 aliphatic heterocycles. The zero-order chi connectivity index (χ0) is 27.1. The topological polar surface area (TPSA) is 33.6 Å². The summed E-state index contributed by atoms with van der Waals surface area (Å²) in [7, 11) is 0. The normalized spacial score (nSPS) is 11.9. The molecule has 3 heterocycles. The van der Waals surface area contributed by atoms with E-state index in [1.54, 1.807) is 11.3 Å². The van der Waals surface area contributed by atoms with Gasteiger partial charge in [-0.15, -0.1) is 11.3 Å². The first kappa shape index (κ1) is 22.4. The van der Waals surface area contributed by atoms with Gasteiger partial charge in [0.05, 0.1) is 39.0 Å². The van der Waals surface area contributed by atoms with Gasteiger partial charge in [-0.25, -0.2) is 0 Å². The molecule has 0 unspecified atom stereocenters. The fraction of sp³-hybridized carbons (Fsp3) is 0. The van der Waals surface area contributed by atoms with Crippen LogP contribution in [0.4, 0.5) is 0 Å². The zero-order valence-corrected chi connectivity index (χ0v) is 22.7. The minimum absolute atomic E-state index is 0.698. The van der Waals surface area contributed by atoms with Gasteiger partial charge in [-0.05, 0) is 36.4 Å². The van der Waals surface area contributed by atoms with E-state index in [9.17, 15) is 5.26 Å². The number of nitriles is 1. The molecule has 9 rings (SSSR count). The van der Waals surface area contributed by atoms with E-state index in [0.29, 0.717) is 5.56 Å². The molecular weight excluding hydrogens is 518 g/mol. The van der Waals surface area contributed by atoms with Crippen molar-refractivity contribution in [1.82, 2.24) is 9.13 Å². The molecule has 0 saturated heterocycles. The molecule has 190 valence electrons. The monoisotopic (exact) mass is 539 g/mol. The lowest BCUT2D eigenvalue weighted by atomic mass is 10.0. The van der Waals surface area contributed by atoms with E-state index in [2.05, 4.69) is 143 Å². The molecular formula is C37H21N3S. The Labute approximate surface area is 239 Å². The molecule has 0 aliphatic carbocycles. The molecule has 41 heavy (non-hydrogen) atoms. The largest absolute Gasteiger partial charge is 0.307 e. The quantitative estimate of drug-likeness (QED) is 0.215. The van der Waals surface area contributed by atoms with Crippen LogP contribution in [-0.4, -0.2) is 9.13 Å². The molecule has 0 saturated carbocycles. The van der Waals surface area contributed by atoms with Crippen LogP contribution in [0.3, 0.4) is 0 Å². The first-order chi connectivity index (χ1) is 20.3. The number of rotatable bonds is 2. The number of hydrogen-bond donors (Lipinski definition) is 0. The summed E-state index contributed by atoms with van der Waals surface area (Å²) in [5.74, 6) is 0. The second kappa shape index (κ2) is 8.32. The van der Waals surface area contributed by atoms with Crippen molar-refractivity contribution in [2.45, 2.75) is 0 Å². The number of benzene rings is 6. The van der Waals surface area contributed by atoms with E-state index in [1.807, 2.05) is 0 Å². The van der Waals surface area contributed by atoms with Gasteiger partial charge in [0.1, 0.15) is 6.07 Å². The maximum atomic E-state index is 11.0. The van der Waals surface area contributed by atoms with Crippen LogP contribution in [0.1, 0.15) is 5.56 Å². The maximum Gasteiger partial charge on any atom is 0.102 e. The molecule has 4 heteroatoms. The van der Waals surface area contributed by atoms with Gasteiger partial charge in [-0.1, -0.05) is 91.0 Å². The number of hydrogen-bond acceptors (Lipinski definition) is 2. The van der Waals surface area contributed by atoms with Crippen molar-refractivity contribution in [3.05, 3.63) is 133 Å². The van der Waals surface area contributed by atoms with Crippen molar-refractivity contribution in [3.8, 4) is 17.4 Å². The SMILES string of the molecule is N#Cc1c(-n2c3ccccc3c3ccccc32)c(-n2c3ccccc3c3ccccc32)cc2sc3ccccc3c12. The highest BCUT2D eigenvalue weighted by atomic mass is 32.1. The number of nitrogens with zero attached hydrogens (tertiary/aromatic N) is 3. The molecule has 9 aromatic rings. The Hall–Kier alpha value is -5.37. The molecule has 0 spiro atoms. The van der Waals surface area contributed by atoms with Crippen molar-refractivity contribution in [1.29, 1.82) is 5.26 Å². The lowest BCUT2D eigenvalue weighted by molar-refractivity contribution is 1.10. The third-order valence-electron chi connectivity index (χ3n) is 8.36. The molecule has 3 nitrogen and oxygen atoms in total. The predicted molar refractivity (Wildman–Crippen MR) is 173 cm³/mol. The third-order valence-corrected chi connectivity index (χ3v) is 9.47. The molecule has 6 aromatic carbocycles. The third kappa shape index (κ3) is 2.96. The Bertz CT molecular complexity index is 2450. The van der Waals surface area contributed by atoms with Crippen LogP contribution in [0.5, 0.6) is 0 Å². The molecule has 0 atom stereocenters. The van der Waals surface area contributed by atoms with Gasteiger partial charge in [0.15, 0.2) is 0 Å². The highest BCUT2D eigenvalue weighted by molar-refractivity contribution is 7.25. The summed E-state index contributed by atoms with van der Waals surface area (Å²) in [6.45, 7) is 0. The van der Waals surface area contributed by atoms with Crippen LogP contribution in [0, 0.1) is 11.3 Å². The smallest absolute Gasteiger partial charge is 0.102 e. The second-order valence-corrected chi connectivity index (χ2v) is 11.5. The zero-order valence-electron chi connectivity index (χ0n) is 21.9. The average molecular weight is 540 g/mol. The van der Waals surface area contributed by atoms with Crippen molar-refractivity contribution in [3.63, 3.8) is 0 Å². The van der Waals surface area contributed by atoms with E-state index in [1.165, 1.54) is 26.2 Å². The second-order valence-electron chi connectivity index (χ2n) is 10.4. The van der Waals surface area contributed by atoms with Crippen molar-refractivity contribution >= 4 is 75.1 Å². The Kier molecular flexibility index (Phi) is 4.55. The Morgan fingerprint density at radius 3 is 1.44 bits per heavy atom. The first-order valence-electron chi connectivity index (χ1n) is 13.7. The van der Waals surface area contributed by atoms with Gasteiger partial charge in [0, 0.05) is 41.7 Å². The maximum absolute atomic E-state index is 11.0. The van der Waals surface area contributed by atoms with Gasteiger partial charge in [0.2, 0.25) is 0 Å². The molecule has 0 fully saturated rings. The fourth-order valence-electron chi connectivity index (χ4n) is 6.71. The van der Waals surface area contributed by atoms with E-state index in [4.69, 9.17) is 0 Å². The van der Waals surface area contributed by atoms with Gasteiger partial charge in [-0.2, -0.15) is 5.26 Å². The van der Waals surface area contributed by atoms with E-state index in [-0.39, 0.29) is 0 Å². The highest BCUT2D eigenvalue weighted by Gasteiger charge is 2.25. The van der Waals surface area contributed by atoms with Crippen molar-refractivity contribution in [2.75, 3.05) is 0 Å². The number of fused-ring (bicyclic) bond motifs is 9. The first-order valence-corrected chi connectivity index (χ1v) is 14.5. The lowest BCUT2D eigenvalue weighted by Crippen LogP contribution is -2.06. The predicted octanol–water partition coefficient (Wildman–Crippen LogP) is 10.1. The summed E-state index contributed by atoms with van der Waals surface area (Å²) in [6, 6.07) is 47.7. The standard InChI is InChI=1S/C37H21N3S/c38-22-28-36-27-15-5-10-20-34(27)41-35(36)21-33(39-29-16-6-1-11-23(29)24-12-2-7-17-30(24)39)37(28)40-31-18-8-3-13-25(31)26-14-4-9-19-32(26)40/h1-21H. The van der Waals surface area contributed by atoms with Crippen molar-refractivity contribution < 1.29 is 0 Å². The minimum Gasteiger partial charge on any atom is -0.307 e. The van der Waals surface area contributed by atoms with Gasteiger partial charge < -0.3 is 9.13 Å². The lowest BCUT2D eigenvalue weighted by Gasteiger charge is -2.19. The molecule has 0 bridgehead atoms. The Balaban J connectivity index is 1.58. The van der Waals surface area contributed by atoms with Crippen LogP contribution in [0.2, 0.25) is 0 Å². The minimum atomic E-state index is 0.698. The van der Waals surface area contributed by atoms with Gasteiger partial charge in [-0.3, -0.25) is 0 Å². The van der Waals surface area contributed by atoms with Gasteiger partial charge >= 0.3 is 0 Å². The van der Waals surface area contributed by atoms with Crippen LogP contribution in [0.25, 0.3) is 75.2 Å². The molecule has 0 aliphatic rings. The van der Waals surface area contributed by atoms with Crippen LogP contribution in [0.15, 0.2) is 127 Å². The summed E-state index contributed by atoms with van der Waals surface area (Å²) in [4.78, 5) is 0. The molecule has 0 N–H and O–H groups in total. The number of thiophene rings is 1. The summed E-state index contributed by atoms with van der Waals surface area (Å²) in [5, 5.41) is 17.9. The number of aromatic nitrogens is 2. The van der Waals surface area contributed by atoms with Crippen molar-refractivity contribution in [2.24, 2.45) is 0 Å². The van der Waals surface area contributed by atoms with E-state index in [0.717, 1.165) is 48.9 Å². The Morgan fingerprint density at radius 2 is 0.927 bits per heavy atom. The Morgan fingerprint density at radius 1 is 0.488 bits per heavy atom. The van der Waals surface area contributed by atoms with Crippen LogP contribution in [-0.2, 0) is 0 Å². The van der Waals surface area contributed by atoms with E-state index >= 15 is 0 Å². The molecule has 0 radical (unpaired) electrons. The van der Waals surface area contributed by atoms with E-state index < -0.39 is 0 Å². The summed E-state index contributed by atoms with van der Waals surface area (Å²) in [6.07, 6.45) is 0. The molecule has 3 aromatic heterocycles. The summed E-state index contributed by atoms with van der Waals surface area (Å²) >= 11 is 1.75. The molecule has 0 amide bonds. The summed E-state index contributed by atoms with van der Waals surface area (Å²) in [5.41, 5.74) is 7.04. The highest BCUT2D eigenvalue weighted by Crippen LogP contribution is 2.45. The number of para-hydroxylation sites is 4. The fourth-order valence-corrected chi connectivity index (χ4v) is 7.86.